The molecule has 0 saturated carbocycles. The topological polar surface area (TPSA) is 61.9 Å². The fraction of sp³-hybridized carbons (Fsp3) is 0.875. The number of morpholine rings is 1. The minimum absolute atomic E-state index is 0.132. The van der Waals surface area contributed by atoms with E-state index in [1.165, 1.54) is 0 Å². The van der Waals surface area contributed by atoms with E-state index in [-0.39, 0.29) is 23.4 Å². The molecule has 3 aliphatic heterocycles. The summed E-state index contributed by atoms with van der Waals surface area (Å²) < 4.78 is 5.34. The van der Waals surface area contributed by atoms with Crippen molar-refractivity contribution in [1.29, 1.82) is 0 Å². The van der Waals surface area contributed by atoms with Crippen molar-refractivity contribution in [1.82, 2.24) is 15.1 Å². The van der Waals surface area contributed by atoms with Gasteiger partial charge in [-0.05, 0) is 32.6 Å². The number of nitrogens with zero attached hydrogens (tertiary/aromatic N) is 2. The third-order valence-corrected chi connectivity index (χ3v) is 5.30. The number of rotatable bonds is 2. The molecule has 0 aliphatic carbocycles. The van der Waals surface area contributed by atoms with E-state index in [1.807, 2.05) is 4.90 Å². The van der Waals surface area contributed by atoms with Gasteiger partial charge in [0.1, 0.15) is 0 Å². The first-order valence-corrected chi connectivity index (χ1v) is 8.49. The van der Waals surface area contributed by atoms with Gasteiger partial charge in [-0.2, -0.15) is 0 Å². The number of nitrogens with one attached hydrogen (secondary N) is 1. The molecule has 0 bridgehead atoms. The number of hydrogen-bond acceptors (Lipinski definition) is 4. The number of likely N-dealkylation sites (tertiary alicyclic amines) is 1. The van der Waals surface area contributed by atoms with E-state index in [2.05, 4.69) is 17.1 Å². The molecule has 2 amide bonds. The van der Waals surface area contributed by atoms with Crippen molar-refractivity contribution in [3.63, 3.8) is 0 Å². The Balaban J connectivity index is 1.69. The maximum Gasteiger partial charge on any atom is 0.237 e. The maximum absolute atomic E-state index is 12.8. The van der Waals surface area contributed by atoms with E-state index in [1.54, 1.807) is 0 Å². The molecule has 3 heterocycles. The van der Waals surface area contributed by atoms with Gasteiger partial charge >= 0.3 is 0 Å². The number of carbonyl (C=O) groups excluding carboxylic acids is 2. The highest BCUT2D eigenvalue weighted by molar-refractivity contribution is 5.80. The number of fused-ring (bicyclic) bond motifs is 1. The van der Waals surface area contributed by atoms with Crippen LogP contribution in [-0.2, 0) is 14.3 Å². The molecule has 6 heteroatoms. The third-order valence-electron chi connectivity index (χ3n) is 5.30. The fourth-order valence-corrected chi connectivity index (χ4v) is 4.08. The third kappa shape index (κ3) is 3.27. The van der Waals surface area contributed by atoms with Crippen LogP contribution in [-0.4, -0.2) is 72.6 Å². The summed E-state index contributed by atoms with van der Waals surface area (Å²) in [7, 11) is 0. The summed E-state index contributed by atoms with van der Waals surface area (Å²) in [5.74, 6) is 0.335. The van der Waals surface area contributed by atoms with Gasteiger partial charge in [-0.15, -0.1) is 0 Å². The zero-order valence-electron chi connectivity index (χ0n) is 13.5. The summed E-state index contributed by atoms with van der Waals surface area (Å²) >= 11 is 0. The first kappa shape index (κ1) is 15.7. The van der Waals surface area contributed by atoms with Crippen LogP contribution in [0.15, 0.2) is 0 Å². The summed E-state index contributed by atoms with van der Waals surface area (Å²) in [4.78, 5) is 28.9. The summed E-state index contributed by atoms with van der Waals surface area (Å²) in [5, 5.41) is 3.18. The second-order valence-corrected chi connectivity index (χ2v) is 6.95. The van der Waals surface area contributed by atoms with Gasteiger partial charge in [-0.3, -0.25) is 14.5 Å². The van der Waals surface area contributed by atoms with Gasteiger partial charge in [0.05, 0.1) is 31.3 Å². The minimum atomic E-state index is -0.257. The number of ether oxygens (including phenoxy) is 1. The first-order valence-electron chi connectivity index (χ1n) is 8.49. The van der Waals surface area contributed by atoms with Gasteiger partial charge in [0.25, 0.3) is 0 Å². The molecule has 0 radical (unpaired) electrons. The quantitative estimate of drug-likeness (QED) is 0.800. The number of hydrogen-bond donors (Lipinski definition) is 1. The minimum Gasteiger partial charge on any atom is -0.379 e. The Bertz CT molecular complexity index is 436. The molecule has 0 aromatic carbocycles. The van der Waals surface area contributed by atoms with Crippen molar-refractivity contribution in [3.05, 3.63) is 0 Å². The van der Waals surface area contributed by atoms with E-state index in [0.29, 0.717) is 26.2 Å². The molecule has 22 heavy (non-hydrogen) atoms. The lowest BCUT2D eigenvalue weighted by Gasteiger charge is -2.48. The van der Waals surface area contributed by atoms with Crippen molar-refractivity contribution in [3.8, 4) is 0 Å². The molecule has 3 fully saturated rings. The summed E-state index contributed by atoms with van der Waals surface area (Å²) in [6, 6.07) is 0.140. The normalized spacial score (nSPS) is 33.8. The predicted molar refractivity (Wildman–Crippen MR) is 82.4 cm³/mol. The fourth-order valence-electron chi connectivity index (χ4n) is 4.08. The predicted octanol–water partition coefficient (Wildman–Crippen LogP) is 0.368. The van der Waals surface area contributed by atoms with Crippen LogP contribution in [0, 0.1) is 0 Å². The van der Waals surface area contributed by atoms with Gasteiger partial charge in [0.2, 0.25) is 11.8 Å². The SMILES string of the molecule is C[C@]12CCCN(C(=O)CN3CCOCC3)[C@H]1CCCC(=O)N2. The number of amides is 2. The Kier molecular flexibility index (Phi) is 4.68. The van der Waals surface area contributed by atoms with Crippen LogP contribution in [0.1, 0.15) is 39.0 Å². The molecule has 124 valence electrons. The molecule has 0 aromatic rings. The highest BCUT2D eigenvalue weighted by Gasteiger charge is 2.44. The van der Waals surface area contributed by atoms with Crippen LogP contribution in [0.5, 0.6) is 0 Å². The molecule has 0 spiro atoms. The molecule has 2 atom stereocenters. The van der Waals surface area contributed by atoms with E-state index < -0.39 is 0 Å². The van der Waals surface area contributed by atoms with Crippen LogP contribution in [0.2, 0.25) is 0 Å². The van der Waals surface area contributed by atoms with Crippen molar-refractivity contribution in [2.75, 3.05) is 39.4 Å². The van der Waals surface area contributed by atoms with Gasteiger partial charge in [0.15, 0.2) is 0 Å². The highest BCUT2D eigenvalue weighted by atomic mass is 16.5. The summed E-state index contributed by atoms with van der Waals surface area (Å²) in [6.45, 7) is 6.49. The molecular formula is C16H27N3O3. The lowest BCUT2D eigenvalue weighted by atomic mass is 9.81. The molecule has 6 nitrogen and oxygen atoms in total. The number of piperidine rings is 1. The maximum atomic E-state index is 12.8. The van der Waals surface area contributed by atoms with Crippen LogP contribution >= 0.6 is 0 Å². The van der Waals surface area contributed by atoms with Crippen molar-refractivity contribution >= 4 is 11.8 Å². The first-order chi connectivity index (χ1) is 10.6. The molecule has 3 saturated heterocycles. The van der Waals surface area contributed by atoms with Crippen molar-refractivity contribution in [2.24, 2.45) is 0 Å². The molecule has 0 aromatic heterocycles. The van der Waals surface area contributed by atoms with Crippen molar-refractivity contribution < 1.29 is 14.3 Å². The van der Waals surface area contributed by atoms with Crippen LogP contribution in [0.4, 0.5) is 0 Å². The zero-order chi connectivity index (χ0) is 15.6. The Morgan fingerprint density at radius 1 is 1.32 bits per heavy atom. The summed E-state index contributed by atoms with van der Waals surface area (Å²) in [6.07, 6.45) is 4.29. The van der Waals surface area contributed by atoms with Crippen LogP contribution in [0.3, 0.4) is 0 Å². The average molecular weight is 309 g/mol. The average Bonchev–Trinajstić information content (AvgIpc) is 2.64. The highest BCUT2D eigenvalue weighted by Crippen LogP contribution is 2.33. The van der Waals surface area contributed by atoms with Gasteiger partial charge < -0.3 is 15.0 Å². The van der Waals surface area contributed by atoms with Gasteiger partial charge in [0, 0.05) is 26.1 Å². The molecular weight excluding hydrogens is 282 g/mol. The number of carbonyl (C=O) groups is 2. The Labute approximate surface area is 132 Å². The van der Waals surface area contributed by atoms with E-state index in [4.69, 9.17) is 4.74 Å². The van der Waals surface area contributed by atoms with Crippen molar-refractivity contribution in [2.45, 2.75) is 50.6 Å². The second kappa shape index (κ2) is 6.54. The lowest BCUT2D eigenvalue weighted by molar-refractivity contribution is -0.141. The largest absolute Gasteiger partial charge is 0.379 e. The molecule has 3 aliphatic rings. The Morgan fingerprint density at radius 3 is 2.86 bits per heavy atom. The Morgan fingerprint density at radius 2 is 2.09 bits per heavy atom. The zero-order valence-corrected chi connectivity index (χ0v) is 13.5. The second-order valence-electron chi connectivity index (χ2n) is 6.95. The Hall–Kier alpha value is -1.14. The molecule has 3 rings (SSSR count). The van der Waals surface area contributed by atoms with Gasteiger partial charge in [-0.25, -0.2) is 0 Å². The lowest BCUT2D eigenvalue weighted by Crippen LogP contribution is -2.64. The monoisotopic (exact) mass is 309 g/mol. The van der Waals surface area contributed by atoms with Crippen LogP contribution < -0.4 is 5.32 Å². The van der Waals surface area contributed by atoms with E-state index >= 15 is 0 Å². The van der Waals surface area contributed by atoms with Gasteiger partial charge in [-0.1, -0.05) is 0 Å². The van der Waals surface area contributed by atoms with E-state index in [9.17, 15) is 9.59 Å². The molecule has 1 N–H and O–H groups in total. The summed E-state index contributed by atoms with van der Waals surface area (Å²) in [5.41, 5.74) is -0.257. The van der Waals surface area contributed by atoms with E-state index in [0.717, 1.165) is 45.3 Å². The smallest absolute Gasteiger partial charge is 0.237 e. The molecule has 0 unspecified atom stereocenters. The standard InChI is InChI=1S/C16H27N3O3/c1-16-6-3-7-19(13(16)4-2-5-14(20)17-16)15(21)12-18-8-10-22-11-9-18/h13H,2-12H2,1H3,(H,17,20)/t13-,16-/m0/s1. The van der Waals surface area contributed by atoms with Crippen LogP contribution in [0.25, 0.3) is 0 Å².